The Hall–Kier alpha value is -1.91. The van der Waals surface area contributed by atoms with Gasteiger partial charge in [-0.15, -0.1) is 0 Å². The number of nitrogens with one attached hydrogen (secondary N) is 2. The van der Waals surface area contributed by atoms with Gasteiger partial charge in [-0.25, -0.2) is 4.79 Å². The zero-order valence-electron chi connectivity index (χ0n) is 8.77. The van der Waals surface area contributed by atoms with Crippen LogP contribution < -0.4 is 10.6 Å². The fraction of sp³-hybridized carbons (Fsp3) is 0.364. The van der Waals surface area contributed by atoms with Gasteiger partial charge in [0, 0.05) is 24.9 Å². The first-order valence-corrected chi connectivity index (χ1v) is 5.23. The molecule has 0 radical (unpaired) electrons. The van der Waals surface area contributed by atoms with E-state index in [1.165, 1.54) is 0 Å². The van der Waals surface area contributed by atoms with Gasteiger partial charge in [-0.05, 0) is 24.5 Å². The van der Waals surface area contributed by atoms with Gasteiger partial charge in [-0.2, -0.15) is 0 Å². The second-order valence-electron chi connectivity index (χ2n) is 3.81. The lowest BCUT2D eigenvalue weighted by Crippen LogP contribution is -2.39. The lowest BCUT2D eigenvalue weighted by molar-refractivity contribution is -0.121. The predicted molar refractivity (Wildman–Crippen MR) is 57.3 cm³/mol. The molecule has 1 aromatic heterocycles. The average Bonchev–Trinajstić information content (AvgIpc) is 3.11. The quantitative estimate of drug-likeness (QED) is 0.790. The van der Waals surface area contributed by atoms with Crippen LogP contribution in [0.15, 0.2) is 24.5 Å². The number of imide groups is 1. The Morgan fingerprint density at radius 1 is 1.44 bits per heavy atom. The number of carbonyl (C=O) groups excluding carboxylic acids is 2. The van der Waals surface area contributed by atoms with E-state index in [9.17, 15) is 9.59 Å². The van der Waals surface area contributed by atoms with Crippen molar-refractivity contribution in [3.05, 3.63) is 30.1 Å². The minimum Gasteiger partial charge on any atom is -0.334 e. The lowest BCUT2D eigenvalue weighted by Gasteiger charge is -2.05. The summed E-state index contributed by atoms with van der Waals surface area (Å²) in [4.78, 5) is 26.5. The molecule has 0 atom stereocenters. The molecule has 0 aromatic carbocycles. The molecular formula is C11H13N3O2. The van der Waals surface area contributed by atoms with Crippen molar-refractivity contribution in [1.29, 1.82) is 0 Å². The number of carbonyl (C=O) groups is 2. The Morgan fingerprint density at radius 3 is 2.88 bits per heavy atom. The fourth-order valence-electron chi connectivity index (χ4n) is 1.29. The van der Waals surface area contributed by atoms with Crippen LogP contribution >= 0.6 is 0 Å². The summed E-state index contributed by atoms with van der Waals surface area (Å²) in [6.07, 6.45) is 5.12. The molecule has 1 aromatic rings. The Labute approximate surface area is 93.3 Å². The third kappa shape index (κ3) is 3.05. The molecule has 84 valence electrons. The highest BCUT2D eigenvalue weighted by atomic mass is 16.2. The van der Waals surface area contributed by atoms with E-state index in [1.807, 2.05) is 6.07 Å². The van der Waals surface area contributed by atoms with Crippen LogP contribution in [0.1, 0.15) is 18.4 Å². The summed E-state index contributed by atoms with van der Waals surface area (Å²) in [5.74, 6) is -0.132. The third-order valence-electron chi connectivity index (χ3n) is 2.36. The summed E-state index contributed by atoms with van der Waals surface area (Å²) in [7, 11) is 0. The van der Waals surface area contributed by atoms with Crippen molar-refractivity contribution in [2.45, 2.75) is 19.4 Å². The lowest BCUT2D eigenvalue weighted by atomic mass is 10.3. The van der Waals surface area contributed by atoms with Gasteiger partial charge in [0.25, 0.3) is 0 Å². The van der Waals surface area contributed by atoms with Crippen LogP contribution in [0.3, 0.4) is 0 Å². The Bertz CT molecular complexity index is 387. The van der Waals surface area contributed by atoms with Crippen LogP contribution in [0.2, 0.25) is 0 Å². The Balaban J connectivity index is 1.73. The molecule has 0 saturated heterocycles. The first-order chi connectivity index (χ1) is 7.75. The number of amides is 3. The highest BCUT2D eigenvalue weighted by molar-refractivity contribution is 5.96. The second kappa shape index (κ2) is 4.74. The van der Waals surface area contributed by atoms with E-state index < -0.39 is 6.03 Å². The molecule has 1 heterocycles. The van der Waals surface area contributed by atoms with Gasteiger partial charge < -0.3 is 5.32 Å². The number of hydrogen-bond donors (Lipinski definition) is 2. The fourth-order valence-corrected chi connectivity index (χ4v) is 1.29. The molecule has 0 bridgehead atoms. The monoisotopic (exact) mass is 219 g/mol. The van der Waals surface area contributed by atoms with Gasteiger partial charge in [-0.3, -0.25) is 15.1 Å². The van der Waals surface area contributed by atoms with E-state index in [4.69, 9.17) is 0 Å². The first kappa shape index (κ1) is 10.6. The largest absolute Gasteiger partial charge is 0.334 e. The van der Waals surface area contributed by atoms with Gasteiger partial charge in [0.1, 0.15) is 0 Å². The van der Waals surface area contributed by atoms with Crippen LogP contribution in [-0.2, 0) is 11.3 Å². The van der Waals surface area contributed by atoms with Crippen molar-refractivity contribution in [1.82, 2.24) is 15.6 Å². The molecule has 2 rings (SSSR count). The maximum atomic E-state index is 11.3. The molecule has 5 nitrogen and oxygen atoms in total. The standard InChI is InChI=1S/C11H13N3O2/c15-10(9-3-4-9)14-11(16)13-7-8-2-1-5-12-6-8/h1-2,5-6,9H,3-4,7H2,(H2,13,14,15,16). The van der Waals surface area contributed by atoms with Crippen LogP contribution in [0.4, 0.5) is 4.79 Å². The molecule has 0 unspecified atom stereocenters. The van der Waals surface area contributed by atoms with Crippen LogP contribution in [-0.4, -0.2) is 16.9 Å². The minimum atomic E-state index is -0.444. The summed E-state index contributed by atoms with van der Waals surface area (Å²) in [6, 6.07) is 3.21. The molecule has 1 saturated carbocycles. The second-order valence-corrected chi connectivity index (χ2v) is 3.81. The van der Waals surface area contributed by atoms with Gasteiger partial charge in [0.15, 0.2) is 0 Å². The minimum absolute atomic E-state index is 0.0455. The van der Waals surface area contributed by atoms with Crippen molar-refractivity contribution in [3.63, 3.8) is 0 Å². The molecule has 3 amide bonds. The van der Waals surface area contributed by atoms with Crippen molar-refractivity contribution < 1.29 is 9.59 Å². The first-order valence-electron chi connectivity index (χ1n) is 5.23. The van der Waals surface area contributed by atoms with Crippen LogP contribution in [0, 0.1) is 5.92 Å². The van der Waals surface area contributed by atoms with Crippen LogP contribution in [0.5, 0.6) is 0 Å². The van der Waals surface area contributed by atoms with Crippen molar-refractivity contribution in [2.75, 3.05) is 0 Å². The van der Waals surface area contributed by atoms with E-state index in [1.54, 1.807) is 18.5 Å². The van der Waals surface area contributed by atoms with Crippen molar-refractivity contribution >= 4 is 11.9 Å². The average molecular weight is 219 g/mol. The SMILES string of the molecule is O=C(NCc1cccnc1)NC(=O)C1CC1. The van der Waals surface area contributed by atoms with Crippen molar-refractivity contribution in [3.8, 4) is 0 Å². The number of rotatable bonds is 3. The number of hydrogen-bond acceptors (Lipinski definition) is 3. The van der Waals surface area contributed by atoms with E-state index >= 15 is 0 Å². The number of urea groups is 1. The maximum Gasteiger partial charge on any atom is 0.321 e. The predicted octanol–water partition coefficient (Wildman–Crippen LogP) is 0.817. The highest BCUT2D eigenvalue weighted by Crippen LogP contribution is 2.28. The molecule has 0 spiro atoms. The summed E-state index contributed by atoms with van der Waals surface area (Å²) in [6.45, 7) is 0.373. The molecular weight excluding hydrogens is 206 g/mol. The van der Waals surface area contributed by atoms with E-state index in [0.29, 0.717) is 6.54 Å². The molecule has 2 N–H and O–H groups in total. The van der Waals surface area contributed by atoms with E-state index in [-0.39, 0.29) is 11.8 Å². The van der Waals surface area contributed by atoms with Crippen LogP contribution in [0.25, 0.3) is 0 Å². The number of pyridine rings is 1. The smallest absolute Gasteiger partial charge is 0.321 e. The number of nitrogens with zero attached hydrogens (tertiary/aromatic N) is 1. The molecule has 1 fully saturated rings. The zero-order valence-corrected chi connectivity index (χ0v) is 8.77. The van der Waals surface area contributed by atoms with Crippen molar-refractivity contribution in [2.24, 2.45) is 5.92 Å². The molecule has 0 aliphatic heterocycles. The summed E-state index contributed by atoms with van der Waals surface area (Å²) in [5, 5.41) is 4.90. The summed E-state index contributed by atoms with van der Waals surface area (Å²) < 4.78 is 0. The molecule has 5 heteroatoms. The number of aromatic nitrogens is 1. The molecule has 1 aliphatic rings. The Morgan fingerprint density at radius 2 is 2.25 bits per heavy atom. The summed E-state index contributed by atoms with van der Waals surface area (Å²) >= 11 is 0. The summed E-state index contributed by atoms with van der Waals surface area (Å²) in [5.41, 5.74) is 0.900. The Kier molecular flexibility index (Phi) is 3.14. The van der Waals surface area contributed by atoms with E-state index in [2.05, 4.69) is 15.6 Å². The molecule has 16 heavy (non-hydrogen) atoms. The van der Waals surface area contributed by atoms with Gasteiger partial charge in [0.2, 0.25) is 5.91 Å². The highest BCUT2D eigenvalue weighted by Gasteiger charge is 2.30. The zero-order chi connectivity index (χ0) is 11.4. The van der Waals surface area contributed by atoms with Gasteiger partial charge in [-0.1, -0.05) is 6.07 Å². The normalized spacial score (nSPS) is 14.2. The van der Waals surface area contributed by atoms with Gasteiger partial charge >= 0.3 is 6.03 Å². The third-order valence-corrected chi connectivity index (χ3v) is 2.36. The molecule has 1 aliphatic carbocycles. The topological polar surface area (TPSA) is 71.1 Å². The maximum absolute atomic E-state index is 11.3. The van der Waals surface area contributed by atoms with Gasteiger partial charge in [0.05, 0.1) is 0 Å². The van der Waals surface area contributed by atoms with E-state index in [0.717, 1.165) is 18.4 Å².